The first-order chi connectivity index (χ1) is 16.4. The van der Waals surface area contributed by atoms with Gasteiger partial charge in [0, 0.05) is 17.2 Å². The highest BCUT2D eigenvalue weighted by molar-refractivity contribution is 8.27. The number of amides is 1. The van der Waals surface area contributed by atoms with Crippen molar-refractivity contribution >= 4 is 63.3 Å². The first-order valence-corrected chi connectivity index (χ1v) is 11.5. The number of hydrogen-bond donors (Lipinski definition) is 0. The SMILES string of the molecule is COc1cc(/C=C2/SC(=S)N(c3cccc(Cl)c3)C2=O)ccc1OCc1cccc([N+](=O)[O-])c1. The van der Waals surface area contributed by atoms with E-state index in [1.54, 1.807) is 60.7 Å². The number of carbonyl (C=O) groups excluding carboxylic acids is 1. The summed E-state index contributed by atoms with van der Waals surface area (Å²) in [4.78, 5) is 25.4. The summed E-state index contributed by atoms with van der Waals surface area (Å²) in [5, 5.41) is 11.5. The van der Waals surface area contributed by atoms with Crippen molar-refractivity contribution in [1.29, 1.82) is 0 Å². The Kier molecular flexibility index (Phi) is 7.16. The number of nitrogens with zero attached hydrogens (tertiary/aromatic N) is 2. The lowest BCUT2D eigenvalue weighted by molar-refractivity contribution is -0.384. The first-order valence-electron chi connectivity index (χ1n) is 9.93. The van der Waals surface area contributed by atoms with E-state index in [2.05, 4.69) is 0 Å². The van der Waals surface area contributed by atoms with Crippen molar-refractivity contribution < 1.29 is 19.2 Å². The molecule has 1 amide bonds. The zero-order valence-electron chi connectivity index (χ0n) is 17.8. The van der Waals surface area contributed by atoms with Crippen LogP contribution < -0.4 is 14.4 Å². The molecule has 1 saturated heterocycles. The average Bonchev–Trinajstić information content (AvgIpc) is 3.10. The summed E-state index contributed by atoms with van der Waals surface area (Å²) < 4.78 is 11.7. The predicted octanol–water partition coefficient (Wildman–Crippen LogP) is 6.24. The van der Waals surface area contributed by atoms with E-state index in [9.17, 15) is 14.9 Å². The Labute approximate surface area is 210 Å². The summed E-state index contributed by atoms with van der Waals surface area (Å²) in [7, 11) is 1.51. The molecule has 0 atom stereocenters. The van der Waals surface area contributed by atoms with E-state index in [1.807, 2.05) is 0 Å². The molecule has 0 aliphatic carbocycles. The lowest BCUT2D eigenvalue weighted by Crippen LogP contribution is -2.27. The Morgan fingerprint density at radius 2 is 1.91 bits per heavy atom. The number of benzene rings is 3. The maximum atomic E-state index is 13.0. The fourth-order valence-electron chi connectivity index (χ4n) is 3.27. The van der Waals surface area contributed by atoms with Gasteiger partial charge in [-0.2, -0.15) is 0 Å². The number of hydrogen-bond acceptors (Lipinski definition) is 7. The first kappa shape index (κ1) is 23.7. The van der Waals surface area contributed by atoms with Crippen LogP contribution >= 0.6 is 35.6 Å². The largest absolute Gasteiger partial charge is 0.493 e. The number of thioether (sulfide) groups is 1. The molecule has 0 aromatic heterocycles. The second-order valence-electron chi connectivity index (χ2n) is 7.12. The maximum Gasteiger partial charge on any atom is 0.270 e. The van der Waals surface area contributed by atoms with Gasteiger partial charge in [-0.1, -0.05) is 59.8 Å². The van der Waals surface area contributed by atoms with Crippen molar-refractivity contribution in [2.75, 3.05) is 12.0 Å². The molecule has 0 radical (unpaired) electrons. The summed E-state index contributed by atoms with van der Waals surface area (Å²) in [6.45, 7) is 0.135. The second-order valence-corrected chi connectivity index (χ2v) is 9.24. The van der Waals surface area contributed by atoms with Crippen molar-refractivity contribution in [3.8, 4) is 11.5 Å². The lowest BCUT2D eigenvalue weighted by Gasteiger charge is -2.14. The van der Waals surface area contributed by atoms with Crippen molar-refractivity contribution in [2.45, 2.75) is 6.61 Å². The van der Waals surface area contributed by atoms with E-state index >= 15 is 0 Å². The molecule has 172 valence electrons. The number of ether oxygens (including phenoxy) is 2. The van der Waals surface area contributed by atoms with Gasteiger partial charge in [-0.3, -0.25) is 19.8 Å². The Hall–Kier alpha value is -3.40. The molecule has 1 heterocycles. The third-order valence-electron chi connectivity index (χ3n) is 4.86. The molecule has 10 heteroatoms. The molecule has 4 rings (SSSR count). The number of rotatable bonds is 7. The highest BCUT2D eigenvalue weighted by Gasteiger charge is 2.33. The summed E-state index contributed by atoms with van der Waals surface area (Å²) >= 11 is 12.7. The molecule has 0 unspecified atom stereocenters. The van der Waals surface area contributed by atoms with Crippen LogP contribution in [0.2, 0.25) is 5.02 Å². The summed E-state index contributed by atoms with van der Waals surface area (Å²) in [5.74, 6) is 0.698. The third-order valence-corrected chi connectivity index (χ3v) is 6.40. The zero-order chi connectivity index (χ0) is 24.2. The van der Waals surface area contributed by atoms with Crippen LogP contribution in [-0.4, -0.2) is 22.3 Å². The highest BCUT2D eigenvalue weighted by atomic mass is 35.5. The molecule has 7 nitrogen and oxygen atoms in total. The molecule has 0 spiro atoms. The standard InChI is InChI=1S/C24H17ClN2O5S2/c1-31-21-11-15(8-9-20(21)32-14-16-4-2-7-19(10-16)27(29)30)12-22-23(28)26(24(33)34-22)18-6-3-5-17(25)13-18/h2-13H,14H2,1H3/b22-12+. The molecule has 0 bridgehead atoms. The molecule has 3 aromatic rings. The molecule has 1 aliphatic heterocycles. The van der Waals surface area contributed by atoms with E-state index in [-0.39, 0.29) is 18.2 Å². The van der Waals surface area contributed by atoms with E-state index in [1.165, 1.54) is 35.9 Å². The topological polar surface area (TPSA) is 81.9 Å². The number of methoxy groups -OCH3 is 1. The van der Waals surface area contributed by atoms with Gasteiger partial charge in [-0.05, 0) is 47.5 Å². The van der Waals surface area contributed by atoms with Crippen molar-refractivity contribution in [3.05, 3.63) is 97.9 Å². The zero-order valence-corrected chi connectivity index (χ0v) is 20.2. The monoisotopic (exact) mass is 512 g/mol. The number of thiocarbonyl (C=S) groups is 1. The Morgan fingerprint density at radius 3 is 2.65 bits per heavy atom. The van der Waals surface area contributed by atoms with Gasteiger partial charge in [-0.25, -0.2) is 0 Å². The minimum absolute atomic E-state index is 0.00139. The third kappa shape index (κ3) is 5.22. The Balaban J connectivity index is 1.52. The van der Waals surface area contributed by atoms with Gasteiger partial charge in [0.25, 0.3) is 11.6 Å². The smallest absolute Gasteiger partial charge is 0.270 e. The molecule has 0 saturated carbocycles. The van der Waals surface area contributed by atoms with Crippen LogP contribution in [0.3, 0.4) is 0 Å². The van der Waals surface area contributed by atoms with Crippen molar-refractivity contribution in [3.63, 3.8) is 0 Å². The molecular weight excluding hydrogens is 496 g/mol. The molecule has 34 heavy (non-hydrogen) atoms. The normalized spacial score (nSPS) is 14.5. The average molecular weight is 513 g/mol. The van der Waals surface area contributed by atoms with Gasteiger partial charge in [0.05, 0.1) is 22.6 Å². The molecule has 1 aliphatic rings. The fraction of sp³-hybridized carbons (Fsp3) is 0.0833. The number of nitro groups is 1. The highest BCUT2D eigenvalue weighted by Crippen LogP contribution is 2.38. The molecule has 3 aromatic carbocycles. The van der Waals surface area contributed by atoms with Crippen LogP contribution in [-0.2, 0) is 11.4 Å². The number of non-ortho nitro benzene ring substituents is 1. The summed E-state index contributed by atoms with van der Waals surface area (Å²) in [6.07, 6.45) is 1.73. The van der Waals surface area contributed by atoms with Gasteiger partial charge in [0.2, 0.25) is 0 Å². The van der Waals surface area contributed by atoms with Gasteiger partial charge in [-0.15, -0.1) is 0 Å². The fourth-order valence-corrected chi connectivity index (χ4v) is 4.75. The Bertz CT molecular complexity index is 1330. The molecule has 0 N–H and O–H groups in total. The molecular formula is C24H17ClN2O5S2. The minimum atomic E-state index is -0.450. The Morgan fingerprint density at radius 1 is 1.12 bits per heavy atom. The second kappa shape index (κ2) is 10.3. The van der Waals surface area contributed by atoms with Crippen LogP contribution in [0.5, 0.6) is 11.5 Å². The number of nitro benzene ring substituents is 1. The maximum absolute atomic E-state index is 13.0. The quantitative estimate of drug-likeness (QED) is 0.160. The van der Waals surface area contributed by atoms with Gasteiger partial charge < -0.3 is 9.47 Å². The van der Waals surface area contributed by atoms with Gasteiger partial charge in [0.15, 0.2) is 15.8 Å². The van der Waals surface area contributed by atoms with Crippen LogP contribution in [0.4, 0.5) is 11.4 Å². The summed E-state index contributed by atoms with van der Waals surface area (Å²) in [5.41, 5.74) is 2.00. The minimum Gasteiger partial charge on any atom is -0.493 e. The van der Waals surface area contributed by atoms with Crippen LogP contribution in [0, 0.1) is 10.1 Å². The number of carbonyl (C=O) groups is 1. The number of anilines is 1. The number of halogens is 1. The van der Waals surface area contributed by atoms with E-state index in [0.29, 0.717) is 37.0 Å². The van der Waals surface area contributed by atoms with Crippen LogP contribution in [0.25, 0.3) is 6.08 Å². The van der Waals surface area contributed by atoms with Gasteiger partial charge >= 0.3 is 0 Å². The molecule has 1 fully saturated rings. The van der Waals surface area contributed by atoms with Crippen LogP contribution in [0.1, 0.15) is 11.1 Å². The van der Waals surface area contributed by atoms with Crippen LogP contribution in [0.15, 0.2) is 71.6 Å². The van der Waals surface area contributed by atoms with E-state index in [0.717, 1.165) is 5.56 Å². The summed E-state index contributed by atoms with van der Waals surface area (Å²) in [6, 6.07) is 18.4. The lowest BCUT2D eigenvalue weighted by atomic mass is 10.1. The van der Waals surface area contributed by atoms with E-state index < -0.39 is 4.92 Å². The predicted molar refractivity (Wildman–Crippen MR) is 138 cm³/mol. The van der Waals surface area contributed by atoms with E-state index in [4.69, 9.17) is 33.3 Å². The van der Waals surface area contributed by atoms with Crippen molar-refractivity contribution in [2.24, 2.45) is 0 Å². The van der Waals surface area contributed by atoms with Crippen molar-refractivity contribution in [1.82, 2.24) is 0 Å². The van der Waals surface area contributed by atoms with Gasteiger partial charge in [0.1, 0.15) is 6.61 Å².